The number of imidazole rings is 1. The Bertz CT molecular complexity index is 798. The number of nitrogen functional groups attached to an aromatic ring is 1. The number of hydrogen-bond acceptors (Lipinski definition) is 6. The summed E-state index contributed by atoms with van der Waals surface area (Å²) in [6.45, 7) is 4.17. The fraction of sp³-hybridized carbons (Fsp3) is 0.267. The van der Waals surface area contributed by atoms with Gasteiger partial charge in [0.15, 0.2) is 5.65 Å². The van der Waals surface area contributed by atoms with Crippen LogP contribution in [0.25, 0.3) is 11.2 Å². The van der Waals surface area contributed by atoms with Crippen LogP contribution in [-0.2, 0) is 6.61 Å². The molecular formula is C15H17N5OS. The molecule has 0 aliphatic carbocycles. The molecule has 0 amide bonds. The van der Waals surface area contributed by atoms with Crippen LogP contribution in [0.5, 0.6) is 0 Å². The third kappa shape index (κ3) is 2.77. The summed E-state index contributed by atoms with van der Waals surface area (Å²) < 4.78 is 1.98. The Morgan fingerprint density at radius 3 is 2.59 bits per heavy atom. The second-order valence-electron chi connectivity index (χ2n) is 5.21. The van der Waals surface area contributed by atoms with Crippen LogP contribution in [0.15, 0.2) is 40.5 Å². The van der Waals surface area contributed by atoms with Gasteiger partial charge in [-0.3, -0.25) is 0 Å². The molecular weight excluding hydrogens is 298 g/mol. The first-order valence-corrected chi connectivity index (χ1v) is 7.78. The van der Waals surface area contributed by atoms with Crippen molar-refractivity contribution in [3.8, 4) is 0 Å². The molecule has 3 aromatic rings. The molecule has 114 valence electrons. The van der Waals surface area contributed by atoms with E-state index in [1.807, 2.05) is 28.8 Å². The van der Waals surface area contributed by atoms with Crippen molar-refractivity contribution in [2.24, 2.45) is 0 Å². The van der Waals surface area contributed by atoms with Gasteiger partial charge < -0.3 is 15.4 Å². The van der Waals surface area contributed by atoms with Crippen molar-refractivity contribution in [2.45, 2.75) is 36.4 Å². The number of aliphatic hydroxyl groups excluding tert-OH is 1. The highest BCUT2D eigenvalue weighted by Gasteiger charge is 2.14. The summed E-state index contributed by atoms with van der Waals surface area (Å²) in [5.41, 5.74) is 8.21. The van der Waals surface area contributed by atoms with Gasteiger partial charge in [0.05, 0.1) is 12.9 Å². The smallest absolute Gasteiger partial charge is 0.223 e. The molecule has 2 aromatic heterocycles. The summed E-state index contributed by atoms with van der Waals surface area (Å²) in [6.07, 6.45) is 1.77. The zero-order valence-corrected chi connectivity index (χ0v) is 13.2. The van der Waals surface area contributed by atoms with E-state index < -0.39 is 0 Å². The molecule has 3 N–H and O–H groups in total. The molecule has 6 nitrogen and oxygen atoms in total. The molecule has 0 spiro atoms. The van der Waals surface area contributed by atoms with Gasteiger partial charge in [0, 0.05) is 10.9 Å². The van der Waals surface area contributed by atoms with E-state index in [0.29, 0.717) is 0 Å². The summed E-state index contributed by atoms with van der Waals surface area (Å²) in [4.78, 5) is 14.1. The van der Waals surface area contributed by atoms with Gasteiger partial charge in [-0.1, -0.05) is 23.9 Å². The van der Waals surface area contributed by atoms with Crippen LogP contribution >= 0.6 is 11.8 Å². The maximum atomic E-state index is 9.09. The van der Waals surface area contributed by atoms with E-state index in [1.165, 1.54) is 11.8 Å². The molecule has 0 atom stereocenters. The first-order valence-electron chi connectivity index (χ1n) is 6.96. The summed E-state index contributed by atoms with van der Waals surface area (Å²) >= 11 is 1.49. The monoisotopic (exact) mass is 315 g/mol. The number of nitrogens with two attached hydrogens (primary N) is 1. The van der Waals surface area contributed by atoms with Crippen molar-refractivity contribution in [3.05, 3.63) is 36.2 Å². The lowest BCUT2D eigenvalue weighted by Crippen LogP contribution is -2.03. The van der Waals surface area contributed by atoms with E-state index in [0.717, 1.165) is 26.6 Å². The van der Waals surface area contributed by atoms with Gasteiger partial charge in [0.25, 0.3) is 0 Å². The predicted molar refractivity (Wildman–Crippen MR) is 86.6 cm³/mol. The lowest BCUT2D eigenvalue weighted by atomic mass is 10.2. The summed E-state index contributed by atoms with van der Waals surface area (Å²) in [6, 6.07) is 7.91. The van der Waals surface area contributed by atoms with Crippen molar-refractivity contribution in [2.75, 3.05) is 5.73 Å². The quantitative estimate of drug-likeness (QED) is 0.719. The van der Waals surface area contributed by atoms with E-state index in [4.69, 9.17) is 10.8 Å². The maximum Gasteiger partial charge on any atom is 0.223 e. The molecule has 7 heteroatoms. The molecule has 0 saturated carbocycles. The SMILES string of the molecule is CC(C)n1cnc2c(Sc3ccc(CO)cc3)nc(N)nc21. The van der Waals surface area contributed by atoms with Crippen molar-refractivity contribution in [1.82, 2.24) is 19.5 Å². The van der Waals surface area contributed by atoms with Crippen molar-refractivity contribution < 1.29 is 5.11 Å². The van der Waals surface area contributed by atoms with Crippen molar-refractivity contribution in [1.29, 1.82) is 0 Å². The van der Waals surface area contributed by atoms with Gasteiger partial charge in [-0.25, -0.2) is 9.97 Å². The Balaban J connectivity index is 2.02. The standard InChI is InChI=1S/C15H17N5OS/c1-9(2)20-8-17-12-13(20)18-15(16)19-14(12)22-11-5-3-10(7-21)4-6-11/h3-6,8-9,21H,7H2,1-2H3,(H2,16,18,19). The number of anilines is 1. The van der Waals surface area contributed by atoms with Gasteiger partial charge in [0.1, 0.15) is 10.5 Å². The number of benzene rings is 1. The molecule has 1 aromatic carbocycles. The third-order valence-corrected chi connectivity index (χ3v) is 4.27. The number of fused-ring (bicyclic) bond motifs is 1. The van der Waals surface area contributed by atoms with E-state index in [9.17, 15) is 0 Å². The Labute approximate surface area is 132 Å². The van der Waals surface area contributed by atoms with Gasteiger partial charge in [-0.2, -0.15) is 4.98 Å². The second-order valence-corrected chi connectivity index (χ2v) is 6.27. The topological polar surface area (TPSA) is 89.8 Å². The minimum absolute atomic E-state index is 0.0362. The normalized spacial score (nSPS) is 11.5. The number of nitrogens with zero attached hydrogens (tertiary/aromatic N) is 4. The Morgan fingerprint density at radius 1 is 1.23 bits per heavy atom. The molecule has 0 aliphatic rings. The van der Waals surface area contributed by atoms with Gasteiger partial charge in [0.2, 0.25) is 5.95 Å². The fourth-order valence-electron chi connectivity index (χ4n) is 2.13. The largest absolute Gasteiger partial charge is 0.392 e. The molecule has 22 heavy (non-hydrogen) atoms. The van der Waals surface area contributed by atoms with Crippen LogP contribution in [0, 0.1) is 0 Å². The highest BCUT2D eigenvalue weighted by molar-refractivity contribution is 7.99. The first kappa shape index (κ1) is 14.8. The van der Waals surface area contributed by atoms with Crippen molar-refractivity contribution in [3.63, 3.8) is 0 Å². The number of rotatable bonds is 4. The zero-order chi connectivity index (χ0) is 15.7. The molecule has 0 bridgehead atoms. The zero-order valence-electron chi connectivity index (χ0n) is 12.4. The van der Waals surface area contributed by atoms with E-state index in [1.54, 1.807) is 6.33 Å². The Kier molecular flexibility index (Phi) is 4.00. The number of aromatic nitrogens is 4. The summed E-state index contributed by atoms with van der Waals surface area (Å²) in [7, 11) is 0. The molecule has 0 radical (unpaired) electrons. The van der Waals surface area contributed by atoms with Crippen LogP contribution in [0.3, 0.4) is 0 Å². The Hall–Kier alpha value is -2.12. The molecule has 0 aliphatic heterocycles. The average molecular weight is 315 g/mol. The lowest BCUT2D eigenvalue weighted by molar-refractivity contribution is 0.282. The maximum absolute atomic E-state index is 9.09. The third-order valence-electron chi connectivity index (χ3n) is 3.28. The summed E-state index contributed by atoms with van der Waals surface area (Å²) in [5, 5.41) is 9.83. The van der Waals surface area contributed by atoms with Crippen LogP contribution < -0.4 is 5.73 Å². The minimum Gasteiger partial charge on any atom is -0.392 e. The first-order chi connectivity index (χ1) is 10.6. The number of aliphatic hydroxyl groups is 1. The highest BCUT2D eigenvalue weighted by atomic mass is 32.2. The predicted octanol–water partition coefficient (Wildman–Crippen LogP) is 2.63. The van der Waals surface area contributed by atoms with E-state index in [-0.39, 0.29) is 18.6 Å². The molecule has 3 rings (SSSR count). The van der Waals surface area contributed by atoms with Crippen LogP contribution in [0.2, 0.25) is 0 Å². The summed E-state index contributed by atoms with van der Waals surface area (Å²) in [5.74, 6) is 0.240. The lowest BCUT2D eigenvalue weighted by Gasteiger charge is -2.08. The molecule has 0 fully saturated rings. The Morgan fingerprint density at radius 2 is 1.95 bits per heavy atom. The van der Waals surface area contributed by atoms with Crippen LogP contribution in [0.4, 0.5) is 5.95 Å². The molecule has 0 saturated heterocycles. The minimum atomic E-state index is 0.0362. The van der Waals surface area contributed by atoms with Gasteiger partial charge in [-0.05, 0) is 31.5 Å². The molecule has 2 heterocycles. The fourth-order valence-corrected chi connectivity index (χ4v) is 3.01. The van der Waals surface area contributed by atoms with E-state index >= 15 is 0 Å². The van der Waals surface area contributed by atoms with Crippen molar-refractivity contribution >= 4 is 28.9 Å². The highest BCUT2D eigenvalue weighted by Crippen LogP contribution is 2.32. The second kappa shape index (κ2) is 5.94. The average Bonchev–Trinajstić information content (AvgIpc) is 2.92. The van der Waals surface area contributed by atoms with Crippen LogP contribution in [0.1, 0.15) is 25.5 Å². The van der Waals surface area contributed by atoms with Gasteiger partial charge >= 0.3 is 0 Å². The van der Waals surface area contributed by atoms with Gasteiger partial charge in [-0.15, -0.1) is 0 Å². The van der Waals surface area contributed by atoms with Crippen LogP contribution in [-0.4, -0.2) is 24.6 Å². The molecule has 0 unspecified atom stereocenters. The number of hydrogen-bond donors (Lipinski definition) is 2. The van der Waals surface area contributed by atoms with E-state index in [2.05, 4.69) is 28.8 Å².